The molecule has 144 valence electrons. The van der Waals surface area contributed by atoms with Gasteiger partial charge in [-0.05, 0) is 19.2 Å². The number of amides is 1. The van der Waals surface area contributed by atoms with E-state index < -0.39 is 41.1 Å². The van der Waals surface area contributed by atoms with E-state index >= 15 is 0 Å². The number of likely N-dealkylation sites (N-methyl/N-ethyl adjacent to an activating group) is 1. The Bertz CT molecular complexity index is 681. The van der Waals surface area contributed by atoms with E-state index in [1.54, 1.807) is 7.05 Å². The van der Waals surface area contributed by atoms with Crippen molar-refractivity contribution in [1.29, 1.82) is 0 Å². The molecule has 0 aliphatic carbocycles. The maximum atomic E-state index is 14.2. The first-order valence-corrected chi connectivity index (χ1v) is 7.76. The minimum Gasteiger partial charge on any atom is -0.480 e. The highest BCUT2D eigenvalue weighted by Crippen LogP contribution is 2.32. The third-order valence-electron chi connectivity index (χ3n) is 3.88. The van der Waals surface area contributed by atoms with Crippen LogP contribution in [-0.4, -0.2) is 72.7 Å². The monoisotopic (exact) mass is 378 g/mol. The molecular formula is C16H18F4N2O4. The Labute approximate surface area is 146 Å². The van der Waals surface area contributed by atoms with Crippen LogP contribution in [0.5, 0.6) is 0 Å². The molecule has 2 rings (SSSR count). The standard InChI is InChI=1S/C16H18F4N2O4/c1-21(9-13(23)24)7-10-8-22(5-6-26-10)15(25)11-3-2-4-12(14(11)17)16(18,19)20/h2-4,10H,5-9H2,1H3,(H,23,24). The summed E-state index contributed by atoms with van der Waals surface area (Å²) >= 11 is 0. The zero-order valence-corrected chi connectivity index (χ0v) is 13.9. The number of alkyl halides is 3. The fourth-order valence-electron chi connectivity index (χ4n) is 2.74. The Hall–Kier alpha value is -2.20. The molecule has 0 bridgehead atoms. The van der Waals surface area contributed by atoms with Crippen LogP contribution in [0.15, 0.2) is 18.2 Å². The number of benzene rings is 1. The van der Waals surface area contributed by atoms with Gasteiger partial charge in [-0.15, -0.1) is 0 Å². The molecule has 0 saturated carbocycles. The Morgan fingerprint density at radius 3 is 2.69 bits per heavy atom. The first-order valence-electron chi connectivity index (χ1n) is 7.76. The van der Waals surface area contributed by atoms with Crippen molar-refractivity contribution in [3.8, 4) is 0 Å². The van der Waals surface area contributed by atoms with Crippen molar-refractivity contribution in [2.45, 2.75) is 12.3 Å². The molecule has 1 aromatic rings. The number of carboxylic acid groups (broad SMARTS) is 1. The van der Waals surface area contributed by atoms with Gasteiger partial charge < -0.3 is 14.7 Å². The average molecular weight is 378 g/mol. The normalized spacial score (nSPS) is 18.2. The molecule has 0 spiro atoms. The zero-order valence-electron chi connectivity index (χ0n) is 13.9. The van der Waals surface area contributed by atoms with E-state index in [2.05, 4.69) is 0 Å². The number of ether oxygens (including phenoxy) is 1. The highest BCUT2D eigenvalue weighted by molar-refractivity contribution is 5.94. The van der Waals surface area contributed by atoms with Gasteiger partial charge in [-0.2, -0.15) is 13.2 Å². The molecule has 1 heterocycles. The molecule has 0 radical (unpaired) electrons. The minimum absolute atomic E-state index is 0.0263. The van der Waals surface area contributed by atoms with Crippen LogP contribution in [0.3, 0.4) is 0 Å². The lowest BCUT2D eigenvalue weighted by Gasteiger charge is -2.34. The SMILES string of the molecule is CN(CC(=O)O)CC1CN(C(=O)c2cccc(C(F)(F)F)c2F)CCO1. The van der Waals surface area contributed by atoms with Crippen LogP contribution < -0.4 is 0 Å². The number of aliphatic carboxylic acids is 1. The summed E-state index contributed by atoms with van der Waals surface area (Å²) in [6, 6.07) is 2.57. The van der Waals surface area contributed by atoms with E-state index in [1.165, 1.54) is 9.80 Å². The molecular weight excluding hydrogens is 360 g/mol. The van der Waals surface area contributed by atoms with E-state index in [0.29, 0.717) is 6.07 Å². The van der Waals surface area contributed by atoms with Crippen molar-refractivity contribution in [3.05, 3.63) is 35.1 Å². The summed E-state index contributed by atoms with van der Waals surface area (Å²) in [6.45, 7) is 0.237. The van der Waals surface area contributed by atoms with Gasteiger partial charge in [0, 0.05) is 19.6 Å². The molecule has 1 unspecified atom stereocenters. The molecule has 26 heavy (non-hydrogen) atoms. The summed E-state index contributed by atoms with van der Waals surface area (Å²) in [5, 5.41) is 8.74. The maximum Gasteiger partial charge on any atom is 0.419 e. The Balaban J connectivity index is 2.11. The fourth-order valence-corrected chi connectivity index (χ4v) is 2.74. The predicted octanol–water partition coefficient (Wildman–Crippen LogP) is 1.70. The van der Waals surface area contributed by atoms with Crippen LogP contribution >= 0.6 is 0 Å². The Morgan fingerprint density at radius 1 is 1.38 bits per heavy atom. The van der Waals surface area contributed by atoms with Gasteiger partial charge >= 0.3 is 12.1 Å². The van der Waals surface area contributed by atoms with Gasteiger partial charge in [-0.1, -0.05) is 6.07 Å². The molecule has 1 atom stereocenters. The highest BCUT2D eigenvalue weighted by Gasteiger charge is 2.37. The van der Waals surface area contributed by atoms with Crippen molar-refractivity contribution in [1.82, 2.24) is 9.80 Å². The lowest BCUT2D eigenvalue weighted by molar-refractivity contribution is -0.140. The van der Waals surface area contributed by atoms with Crippen molar-refractivity contribution in [2.24, 2.45) is 0 Å². The number of carboxylic acids is 1. The molecule has 1 fully saturated rings. The van der Waals surface area contributed by atoms with Gasteiger partial charge in [-0.3, -0.25) is 14.5 Å². The van der Waals surface area contributed by atoms with Gasteiger partial charge in [0.25, 0.3) is 5.91 Å². The molecule has 0 aromatic heterocycles. The number of hydrogen-bond donors (Lipinski definition) is 1. The molecule has 1 saturated heterocycles. The van der Waals surface area contributed by atoms with Crippen LogP contribution in [-0.2, 0) is 15.7 Å². The number of rotatable bonds is 5. The van der Waals surface area contributed by atoms with Crippen LogP contribution in [0.1, 0.15) is 15.9 Å². The zero-order chi connectivity index (χ0) is 19.5. The maximum absolute atomic E-state index is 14.2. The lowest BCUT2D eigenvalue weighted by Crippen LogP contribution is -2.49. The highest BCUT2D eigenvalue weighted by atomic mass is 19.4. The summed E-state index contributed by atoms with van der Waals surface area (Å²) in [4.78, 5) is 25.8. The quantitative estimate of drug-likeness (QED) is 0.790. The third-order valence-corrected chi connectivity index (χ3v) is 3.88. The summed E-state index contributed by atoms with van der Waals surface area (Å²) in [7, 11) is 1.56. The predicted molar refractivity (Wildman–Crippen MR) is 82.2 cm³/mol. The summed E-state index contributed by atoms with van der Waals surface area (Å²) in [6.07, 6.45) is -5.42. The van der Waals surface area contributed by atoms with Gasteiger partial charge in [0.1, 0.15) is 5.82 Å². The third kappa shape index (κ3) is 4.92. The number of nitrogens with zero attached hydrogens (tertiary/aromatic N) is 2. The van der Waals surface area contributed by atoms with E-state index in [0.717, 1.165) is 12.1 Å². The van der Waals surface area contributed by atoms with E-state index in [-0.39, 0.29) is 32.8 Å². The number of carbonyl (C=O) groups excluding carboxylic acids is 1. The second kappa shape index (κ2) is 8.00. The topological polar surface area (TPSA) is 70.1 Å². The molecule has 1 aliphatic rings. The molecule has 10 heteroatoms. The summed E-state index contributed by atoms with van der Waals surface area (Å²) < 4.78 is 58.0. The van der Waals surface area contributed by atoms with Gasteiger partial charge in [-0.25, -0.2) is 4.39 Å². The Kier molecular flexibility index (Phi) is 6.19. The average Bonchev–Trinajstić information content (AvgIpc) is 2.52. The van der Waals surface area contributed by atoms with E-state index in [9.17, 15) is 27.2 Å². The van der Waals surface area contributed by atoms with Crippen molar-refractivity contribution >= 4 is 11.9 Å². The van der Waals surface area contributed by atoms with E-state index in [1.807, 2.05) is 0 Å². The summed E-state index contributed by atoms with van der Waals surface area (Å²) in [5.41, 5.74) is -2.14. The second-order valence-corrected chi connectivity index (χ2v) is 6.00. The van der Waals surface area contributed by atoms with Crippen molar-refractivity contribution in [3.63, 3.8) is 0 Å². The molecule has 6 nitrogen and oxygen atoms in total. The van der Waals surface area contributed by atoms with Crippen molar-refractivity contribution in [2.75, 3.05) is 39.8 Å². The smallest absolute Gasteiger partial charge is 0.419 e. The van der Waals surface area contributed by atoms with Gasteiger partial charge in [0.15, 0.2) is 0 Å². The molecule has 1 aliphatic heterocycles. The summed E-state index contributed by atoms with van der Waals surface area (Å²) in [5.74, 6) is -3.49. The van der Waals surface area contributed by atoms with Gasteiger partial charge in [0.05, 0.1) is 30.4 Å². The second-order valence-electron chi connectivity index (χ2n) is 6.00. The van der Waals surface area contributed by atoms with Crippen LogP contribution in [0, 0.1) is 5.82 Å². The van der Waals surface area contributed by atoms with Crippen LogP contribution in [0.2, 0.25) is 0 Å². The molecule has 1 aromatic carbocycles. The number of carbonyl (C=O) groups is 2. The largest absolute Gasteiger partial charge is 0.480 e. The van der Waals surface area contributed by atoms with Gasteiger partial charge in [0.2, 0.25) is 0 Å². The van der Waals surface area contributed by atoms with Crippen LogP contribution in [0.4, 0.5) is 17.6 Å². The van der Waals surface area contributed by atoms with Crippen molar-refractivity contribution < 1.29 is 37.0 Å². The lowest BCUT2D eigenvalue weighted by atomic mass is 10.1. The number of hydrogen-bond acceptors (Lipinski definition) is 4. The number of halogens is 4. The first-order chi connectivity index (χ1) is 12.1. The Morgan fingerprint density at radius 2 is 2.08 bits per heavy atom. The first kappa shape index (κ1) is 20.1. The fraction of sp³-hybridized carbons (Fsp3) is 0.500. The molecule has 1 amide bonds. The van der Waals surface area contributed by atoms with E-state index in [4.69, 9.17) is 9.84 Å². The minimum atomic E-state index is -4.90. The van der Waals surface area contributed by atoms with Crippen LogP contribution in [0.25, 0.3) is 0 Å². The number of morpholine rings is 1. The molecule has 1 N–H and O–H groups in total.